The molecule has 2 N–H and O–H groups in total. The lowest BCUT2D eigenvalue weighted by Gasteiger charge is -2.31. The van der Waals surface area contributed by atoms with E-state index < -0.39 is 5.41 Å². The van der Waals surface area contributed by atoms with Crippen molar-refractivity contribution >= 4 is 11.8 Å². The highest BCUT2D eigenvalue weighted by molar-refractivity contribution is 5.70. The van der Waals surface area contributed by atoms with Crippen LogP contribution in [0, 0.1) is 29.6 Å². The second-order valence-electron chi connectivity index (χ2n) is 11.6. The highest BCUT2D eigenvalue weighted by Gasteiger charge is 2.32. The third-order valence-electron chi connectivity index (χ3n) is 8.24. The van der Waals surface area contributed by atoms with E-state index in [0.29, 0.717) is 44.9 Å². The maximum absolute atomic E-state index is 11.4. The van der Waals surface area contributed by atoms with Crippen LogP contribution in [0.25, 0.3) is 11.3 Å². The Labute approximate surface area is 244 Å². The fourth-order valence-electron chi connectivity index (χ4n) is 5.79. The van der Waals surface area contributed by atoms with E-state index in [-0.39, 0.29) is 18.6 Å². The molecule has 4 rings (SSSR count). The Morgan fingerprint density at radius 2 is 2.02 bits per heavy atom. The van der Waals surface area contributed by atoms with Gasteiger partial charge in [0.1, 0.15) is 12.4 Å². The normalized spacial score (nSPS) is 21.0. The van der Waals surface area contributed by atoms with Crippen molar-refractivity contribution in [3.05, 3.63) is 41.7 Å². The van der Waals surface area contributed by atoms with Crippen LogP contribution in [-0.2, 0) is 25.4 Å². The average Bonchev–Trinajstić information content (AvgIpc) is 2.99. The molecule has 41 heavy (non-hydrogen) atoms. The fraction of sp³-hybridized carbons (Fsp3) is 0.625. The van der Waals surface area contributed by atoms with Gasteiger partial charge < -0.3 is 24.8 Å². The van der Waals surface area contributed by atoms with Gasteiger partial charge in [0.25, 0.3) is 0 Å². The van der Waals surface area contributed by atoms with Crippen LogP contribution in [-0.4, -0.2) is 67.6 Å². The maximum atomic E-state index is 11.4. The van der Waals surface area contributed by atoms with E-state index in [1.165, 1.54) is 0 Å². The third-order valence-corrected chi connectivity index (χ3v) is 8.24. The molecule has 2 fully saturated rings. The van der Waals surface area contributed by atoms with E-state index in [4.69, 9.17) is 24.2 Å². The first kappa shape index (κ1) is 30.9. The summed E-state index contributed by atoms with van der Waals surface area (Å²) in [7, 11) is 0. The number of esters is 1. The molecule has 1 aliphatic heterocycles. The van der Waals surface area contributed by atoms with Gasteiger partial charge in [0, 0.05) is 49.3 Å². The van der Waals surface area contributed by atoms with Crippen LogP contribution >= 0.6 is 0 Å². The zero-order valence-corrected chi connectivity index (χ0v) is 24.8. The standard InChI is InChI=1S/C32H45N5O4/c1-4-41-31(38)20-40-19-24(3)36-26-10-8-25(9-11-26)16-27-17-28(23(2)18-34-27)29-6-5-7-30(37-29)35-22-32(21-33)12-14-39-15-13-32/h5-7,17-18,24-26,36H,4,8-16,19-20,22H2,1-3H3,(H,35,37)/t24-,25?,26?/m0/s1. The third kappa shape index (κ3) is 9.22. The van der Waals surface area contributed by atoms with Crippen molar-refractivity contribution in [2.24, 2.45) is 11.3 Å². The highest BCUT2D eigenvalue weighted by Crippen LogP contribution is 2.31. The minimum absolute atomic E-state index is 0.00614. The van der Waals surface area contributed by atoms with Crippen LogP contribution < -0.4 is 10.6 Å². The van der Waals surface area contributed by atoms with Crippen molar-refractivity contribution in [3.63, 3.8) is 0 Å². The lowest BCUT2D eigenvalue weighted by molar-refractivity contribution is -0.148. The zero-order chi connectivity index (χ0) is 29.1. The number of hydrogen-bond acceptors (Lipinski definition) is 9. The number of aryl methyl sites for hydroxylation is 1. The number of nitrogens with one attached hydrogen (secondary N) is 2. The molecule has 9 heteroatoms. The van der Waals surface area contributed by atoms with Gasteiger partial charge in [-0.15, -0.1) is 0 Å². The molecule has 3 heterocycles. The van der Waals surface area contributed by atoms with E-state index in [2.05, 4.69) is 36.6 Å². The molecule has 0 spiro atoms. The van der Waals surface area contributed by atoms with Crippen molar-refractivity contribution in [3.8, 4) is 17.3 Å². The number of ether oxygens (including phenoxy) is 3. The minimum atomic E-state index is -0.403. The van der Waals surface area contributed by atoms with Gasteiger partial charge in [0.05, 0.1) is 30.4 Å². The van der Waals surface area contributed by atoms with Crippen LogP contribution in [0.2, 0.25) is 0 Å². The number of nitriles is 1. The van der Waals surface area contributed by atoms with Gasteiger partial charge in [0.2, 0.25) is 0 Å². The molecule has 0 amide bonds. The Morgan fingerprint density at radius 1 is 1.24 bits per heavy atom. The second-order valence-corrected chi connectivity index (χ2v) is 11.6. The first-order valence-corrected chi connectivity index (χ1v) is 15.0. The largest absolute Gasteiger partial charge is 0.464 e. The summed E-state index contributed by atoms with van der Waals surface area (Å²) in [4.78, 5) is 21.1. The number of aromatic nitrogens is 2. The number of rotatable bonds is 13. The van der Waals surface area contributed by atoms with E-state index in [9.17, 15) is 10.1 Å². The van der Waals surface area contributed by atoms with E-state index in [1.807, 2.05) is 24.4 Å². The predicted molar refractivity (Wildman–Crippen MR) is 158 cm³/mol. The van der Waals surface area contributed by atoms with Crippen molar-refractivity contribution in [1.29, 1.82) is 5.26 Å². The summed E-state index contributed by atoms with van der Waals surface area (Å²) in [6.45, 7) is 8.68. The number of hydrogen-bond donors (Lipinski definition) is 2. The Morgan fingerprint density at radius 3 is 2.76 bits per heavy atom. The van der Waals surface area contributed by atoms with Crippen molar-refractivity contribution < 1.29 is 19.0 Å². The molecule has 0 aromatic carbocycles. The number of anilines is 1. The molecule has 2 aromatic heterocycles. The van der Waals surface area contributed by atoms with Gasteiger partial charge in [-0.25, -0.2) is 9.78 Å². The summed E-state index contributed by atoms with van der Waals surface area (Å²) in [5.74, 6) is 1.08. The predicted octanol–water partition coefficient (Wildman–Crippen LogP) is 4.84. The minimum Gasteiger partial charge on any atom is -0.464 e. The summed E-state index contributed by atoms with van der Waals surface area (Å²) in [5.41, 5.74) is 3.82. The summed E-state index contributed by atoms with van der Waals surface area (Å²) in [6.07, 6.45) is 8.96. The highest BCUT2D eigenvalue weighted by atomic mass is 16.6. The Hall–Kier alpha value is -3.06. The van der Waals surface area contributed by atoms with Crippen LogP contribution in [0.1, 0.15) is 63.6 Å². The zero-order valence-electron chi connectivity index (χ0n) is 24.8. The monoisotopic (exact) mass is 563 g/mol. The van der Waals surface area contributed by atoms with Gasteiger partial charge in [0.15, 0.2) is 0 Å². The summed E-state index contributed by atoms with van der Waals surface area (Å²) in [6, 6.07) is 11.4. The Kier molecular flexibility index (Phi) is 11.5. The average molecular weight is 564 g/mol. The number of nitrogens with zero attached hydrogens (tertiary/aromatic N) is 3. The van der Waals surface area contributed by atoms with Gasteiger partial charge in [-0.2, -0.15) is 5.26 Å². The van der Waals surface area contributed by atoms with E-state index >= 15 is 0 Å². The topological polar surface area (TPSA) is 118 Å². The van der Waals surface area contributed by atoms with Crippen LogP contribution in [0.3, 0.4) is 0 Å². The first-order chi connectivity index (χ1) is 19.9. The SMILES string of the molecule is CCOC(=O)COC[C@H](C)NC1CCC(Cc2cc(-c3cccc(NCC4(C#N)CCOCC4)n3)c(C)cn2)CC1. The molecular formula is C32H45N5O4. The Bertz CT molecular complexity index is 1170. The summed E-state index contributed by atoms with van der Waals surface area (Å²) >= 11 is 0. The van der Waals surface area contributed by atoms with Gasteiger partial charge >= 0.3 is 5.97 Å². The Balaban J connectivity index is 1.28. The van der Waals surface area contributed by atoms with Gasteiger partial charge in [-0.1, -0.05) is 6.07 Å². The van der Waals surface area contributed by atoms with Crippen molar-refractivity contribution in [2.45, 2.75) is 77.8 Å². The number of carbonyl (C=O) groups is 1. The lowest BCUT2D eigenvalue weighted by Crippen LogP contribution is -2.41. The molecule has 1 saturated heterocycles. The number of pyridine rings is 2. The summed E-state index contributed by atoms with van der Waals surface area (Å²) in [5, 5.41) is 16.8. The molecule has 1 aliphatic carbocycles. The maximum Gasteiger partial charge on any atom is 0.332 e. The van der Waals surface area contributed by atoms with Crippen LogP contribution in [0.5, 0.6) is 0 Å². The molecule has 9 nitrogen and oxygen atoms in total. The second kappa shape index (κ2) is 15.2. The molecule has 222 valence electrons. The summed E-state index contributed by atoms with van der Waals surface area (Å²) < 4.78 is 15.9. The van der Waals surface area contributed by atoms with E-state index in [0.717, 1.165) is 73.3 Å². The molecule has 0 unspecified atom stereocenters. The quantitative estimate of drug-likeness (QED) is 0.330. The lowest BCUT2D eigenvalue weighted by atomic mass is 9.82. The molecular weight excluding hydrogens is 518 g/mol. The molecule has 2 aromatic rings. The molecule has 2 aliphatic rings. The molecule has 1 atom stereocenters. The van der Waals surface area contributed by atoms with Gasteiger partial charge in [-0.05, 0) is 95.4 Å². The number of carbonyl (C=O) groups excluding carboxylic acids is 1. The molecule has 0 radical (unpaired) electrons. The van der Waals surface area contributed by atoms with Crippen molar-refractivity contribution in [1.82, 2.24) is 15.3 Å². The molecule has 1 saturated carbocycles. The molecule has 0 bridgehead atoms. The van der Waals surface area contributed by atoms with E-state index in [1.54, 1.807) is 6.92 Å². The smallest absolute Gasteiger partial charge is 0.332 e. The first-order valence-electron chi connectivity index (χ1n) is 15.0. The van der Waals surface area contributed by atoms with Crippen molar-refractivity contribution in [2.75, 3.05) is 44.9 Å². The van der Waals surface area contributed by atoms with Gasteiger partial charge in [-0.3, -0.25) is 4.98 Å². The fourth-order valence-corrected chi connectivity index (χ4v) is 5.79. The van der Waals surface area contributed by atoms with Crippen LogP contribution in [0.4, 0.5) is 5.82 Å². The van der Waals surface area contributed by atoms with Crippen LogP contribution in [0.15, 0.2) is 30.5 Å².